The van der Waals surface area contributed by atoms with Crippen molar-refractivity contribution in [2.45, 2.75) is 4.90 Å². The maximum atomic E-state index is 12.5. The number of hydrogen-bond donors (Lipinski definition) is 1. The third-order valence-corrected chi connectivity index (χ3v) is 4.78. The van der Waals surface area contributed by atoms with Crippen LogP contribution >= 0.6 is 0 Å². The van der Waals surface area contributed by atoms with Crippen LogP contribution in [0.2, 0.25) is 0 Å². The van der Waals surface area contributed by atoms with Crippen molar-refractivity contribution in [1.82, 2.24) is 4.90 Å². The molecule has 0 saturated carbocycles. The molecule has 6 nitrogen and oxygen atoms in total. The number of methoxy groups -OCH3 is 1. The topological polar surface area (TPSA) is 75.7 Å². The largest absolute Gasteiger partial charge is 0.495 e. The van der Waals surface area contributed by atoms with Crippen molar-refractivity contribution >= 4 is 27.7 Å². The van der Waals surface area contributed by atoms with E-state index < -0.39 is 10.0 Å². The first-order valence-electron chi connectivity index (χ1n) is 7.49. The van der Waals surface area contributed by atoms with Crippen LogP contribution in [-0.2, 0) is 14.8 Å². The number of anilines is 1. The van der Waals surface area contributed by atoms with Crippen molar-refractivity contribution in [2.24, 2.45) is 0 Å². The molecule has 7 heteroatoms. The molecule has 0 unspecified atom stereocenters. The van der Waals surface area contributed by atoms with Crippen LogP contribution in [0.5, 0.6) is 5.75 Å². The second kappa shape index (κ2) is 7.85. The van der Waals surface area contributed by atoms with Crippen LogP contribution in [0, 0.1) is 0 Å². The molecule has 0 aliphatic heterocycles. The molecular formula is C18H20N2O4S. The molecule has 0 fully saturated rings. The van der Waals surface area contributed by atoms with Gasteiger partial charge in [-0.1, -0.05) is 24.3 Å². The summed E-state index contributed by atoms with van der Waals surface area (Å²) >= 11 is 0. The van der Waals surface area contributed by atoms with Gasteiger partial charge in [0.1, 0.15) is 5.75 Å². The minimum atomic E-state index is -3.74. The van der Waals surface area contributed by atoms with Gasteiger partial charge < -0.3 is 9.64 Å². The molecule has 0 heterocycles. The molecule has 0 spiro atoms. The summed E-state index contributed by atoms with van der Waals surface area (Å²) in [5, 5.41) is 0. The number of benzene rings is 2. The van der Waals surface area contributed by atoms with Gasteiger partial charge in [0.05, 0.1) is 17.7 Å². The Bertz CT molecular complexity index is 872. The monoisotopic (exact) mass is 360 g/mol. The number of nitrogens with zero attached hydrogens (tertiary/aromatic N) is 1. The third kappa shape index (κ3) is 4.84. The molecule has 2 aromatic carbocycles. The van der Waals surface area contributed by atoms with Crippen LogP contribution in [0.3, 0.4) is 0 Å². The highest BCUT2D eigenvalue weighted by Gasteiger charge is 2.16. The number of nitrogens with one attached hydrogen (secondary N) is 1. The van der Waals surface area contributed by atoms with Gasteiger partial charge in [-0.05, 0) is 35.9 Å². The summed E-state index contributed by atoms with van der Waals surface area (Å²) in [6.07, 6.45) is 3.06. The predicted molar refractivity (Wildman–Crippen MR) is 98.0 cm³/mol. The Morgan fingerprint density at radius 2 is 1.72 bits per heavy atom. The van der Waals surface area contributed by atoms with E-state index in [0.717, 1.165) is 5.56 Å². The van der Waals surface area contributed by atoms with Gasteiger partial charge in [0, 0.05) is 20.2 Å². The number of hydrogen-bond acceptors (Lipinski definition) is 4. The first-order valence-corrected chi connectivity index (χ1v) is 8.97. The number of amides is 1. The van der Waals surface area contributed by atoms with Gasteiger partial charge in [-0.2, -0.15) is 0 Å². The second-order valence-electron chi connectivity index (χ2n) is 5.44. The molecule has 0 aromatic heterocycles. The van der Waals surface area contributed by atoms with Crippen molar-refractivity contribution in [3.05, 3.63) is 60.2 Å². The zero-order chi connectivity index (χ0) is 18.4. The van der Waals surface area contributed by atoms with E-state index in [9.17, 15) is 13.2 Å². The number of carbonyl (C=O) groups excluding carboxylic acids is 1. The second-order valence-corrected chi connectivity index (χ2v) is 7.12. The highest BCUT2D eigenvalue weighted by atomic mass is 32.2. The average Bonchev–Trinajstić information content (AvgIpc) is 2.60. The van der Waals surface area contributed by atoms with Crippen LogP contribution in [0.1, 0.15) is 5.56 Å². The van der Waals surface area contributed by atoms with E-state index in [-0.39, 0.29) is 10.8 Å². The Morgan fingerprint density at radius 3 is 2.32 bits per heavy atom. The fourth-order valence-corrected chi connectivity index (χ4v) is 3.08. The molecule has 1 amide bonds. The molecule has 132 valence electrons. The molecule has 0 aliphatic rings. The van der Waals surface area contributed by atoms with Crippen LogP contribution in [0.15, 0.2) is 59.5 Å². The van der Waals surface area contributed by atoms with E-state index in [1.54, 1.807) is 56.6 Å². The molecule has 0 aliphatic carbocycles. The van der Waals surface area contributed by atoms with E-state index in [4.69, 9.17) is 4.74 Å². The van der Waals surface area contributed by atoms with E-state index in [1.165, 1.54) is 30.2 Å². The quantitative estimate of drug-likeness (QED) is 0.804. The minimum absolute atomic E-state index is 0.120. The lowest BCUT2D eigenvalue weighted by Gasteiger charge is -2.11. The van der Waals surface area contributed by atoms with Gasteiger partial charge >= 0.3 is 0 Å². The SMILES string of the molecule is COc1ccccc1NS(=O)(=O)c1ccc(/C=C/C(=O)N(C)C)cc1. The molecule has 1 N–H and O–H groups in total. The zero-order valence-corrected chi connectivity index (χ0v) is 15.1. The minimum Gasteiger partial charge on any atom is -0.495 e. The molecule has 25 heavy (non-hydrogen) atoms. The number of likely N-dealkylation sites (N-methyl/N-ethyl adjacent to an activating group) is 1. The summed E-state index contributed by atoms with van der Waals surface area (Å²) in [6, 6.07) is 13.0. The van der Waals surface area contributed by atoms with Gasteiger partial charge in [-0.3, -0.25) is 9.52 Å². The maximum Gasteiger partial charge on any atom is 0.262 e. The lowest BCUT2D eigenvalue weighted by molar-refractivity contribution is -0.123. The molecule has 0 saturated heterocycles. The number of para-hydroxylation sites is 2. The summed E-state index contributed by atoms with van der Waals surface area (Å²) in [7, 11) is 1.06. The Labute approximate surface area is 147 Å². The van der Waals surface area contributed by atoms with E-state index in [0.29, 0.717) is 11.4 Å². The van der Waals surface area contributed by atoms with Crippen LogP contribution in [-0.4, -0.2) is 40.4 Å². The number of sulfonamides is 1. The van der Waals surface area contributed by atoms with Gasteiger partial charge in [-0.15, -0.1) is 0 Å². The normalized spacial score (nSPS) is 11.3. The van der Waals surface area contributed by atoms with Crippen molar-refractivity contribution < 1.29 is 17.9 Å². The Hall–Kier alpha value is -2.80. The van der Waals surface area contributed by atoms with Gasteiger partial charge in [0.2, 0.25) is 5.91 Å². The summed E-state index contributed by atoms with van der Waals surface area (Å²) in [5.74, 6) is 0.294. The third-order valence-electron chi connectivity index (χ3n) is 3.40. The van der Waals surface area contributed by atoms with Crippen molar-refractivity contribution in [3.63, 3.8) is 0 Å². The Balaban J connectivity index is 2.19. The predicted octanol–water partition coefficient (Wildman–Crippen LogP) is 2.60. The average molecular weight is 360 g/mol. The molecule has 2 aromatic rings. The molecule has 0 radical (unpaired) electrons. The molecule has 0 bridgehead atoms. The van der Waals surface area contributed by atoms with Crippen molar-refractivity contribution in [3.8, 4) is 5.75 Å². The summed E-state index contributed by atoms with van der Waals surface area (Å²) < 4.78 is 32.6. The van der Waals surface area contributed by atoms with E-state index in [1.807, 2.05) is 0 Å². The smallest absolute Gasteiger partial charge is 0.262 e. The lowest BCUT2D eigenvalue weighted by atomic mass is 10.2. The molecular weight excluding hydrogens is 340 g/mol. The van der Waals surface area contributed by atoms with Crippen LogP contribution in [0.25, 0.3) is 6.08 Å². The molecule has 0 atom stereocenters. The number of rotatable bonds is 6. The number of ether oxygens (including phenoxy) is 1. The van der Waals surface area contributed by atoms with Gasteiger partial charge in [-0.25, -0.2) is 8.42 Å². The zero-order valence-electron chi connectivity index (χ0n) is 14.3. The van der Waals surface area contributed by atoms with E-state index >= 15 is 0 Å². The Kier molecular flexibility index (Phi) is 5.82. The Morgan fingerprint density at radius 1 is 1.08 bits per heavy atom. The first-order chi connectivity index (χ1) is 11.8. The summed E-state index contributed by atoms with van der Waals surface area (Å²) in [4.78, 5) is 13.1. The van der Waals surface area contributed by atoms with E-state index in [2.05, 4.69) is 4.72 Å². The summed E-state index contributed by atoms with van der Waals surface area (Å²) in [6.45, 7) is 0. The van der Waals surface area contributed by atoms with Gasteiger partial charge in [0.15, 0.2) is 0 Å². The lowest BCUT2D eigenvalue weighted by Crippen LogP contribution is -2.18. The van der Waals surface area contributed by atoms with Crippen LogP contribution in [0.4, 0.5) is 5.69 Å². The maximum absolute atomic E-state index is 12.5. The van der Waals surface area contributed by atoms with Crippen LogP contribution < -0.4 is 9.46 Å². The molecule has 2 rings (SSSR count). The first kappa shape index (κ1) is 18.5. The number of carbonyl (C=O) groups is 1. The standard InChI is InChI=1S/C18H20N2O4S/c1-20(2)18(21)13-10-14-8-11-15(12-9-14)25(22,23)19-16-6-4-5-7-17(16)24-3/h4-13,19H,1-3H3/b13-10+. The highest BCUT2D eigenvalue weighted by Crippen LogP contribution is 2.26. The fourth-order valence-electron chi connectivity index (χ4n) is 2.01. The van der Waals surface area contributed by atoms with Crippen molar-refractivity contribution in [1.29, 1.82) is 0 Å². The van der Waals surface area contributed by atoms with Gasteiger partial charge in [0.25, 0.3) is 10.0 Å². The van der Waals surface area contributed by atoms with Crippen molar-refractivity contribution in [2.75, 3.05) is 25.9 Å². The fraction of sp³-hybridized carbons (Fsp3) is 0.167. The highest BCUT2D eigenvalue weighted by molar-refractivity contribution is 7.92. The summed E-state index contributed by atoms with van der Waals surface area (Å²) in [5.41, 5.74) is 1.09.